The lowest BCUT2D eigenvalue weighted by Gasteiger charge is -2.15. The first kappa shape index (κ1) is 16.2. The zero-order valence-corrected chi connectivity index (χ0v) is 13.2. The zero-order chi connectivity index (χ0) is 14.3. The Morgan fingerprint density at radius 1 is 1.21 bits per heavy atom. The number of hydrogen-bond donors (Lipinski definition) is 1. The first-order valence-electron chi connectivity index (χ1n) is 6.34. The summed E-state index contributed by atoms with van der Waals surface area (Å²) in [7, 11) is 1.50. The molecule has 106 valence electrons. The maximum absolute atomic E-state index is 11.2. The van der Waals surface area contributed by atoms with Crippen LogP contribution in [0.1, 0.15) is 37.0 Å². The van der Waals surface area contributed by atoms with Crippen molar-refractivity contribution in [2.45, 2.75) is 36.5 Å². The topological polar surface area (TPSA) is 46.5 Å². The van der Waals surface area contributed by atoms with Crippen LogP contribution < -0.4 is 4.74 Å². The standard InChI is InChI=1S/C14H20O3S2/c1-4-6-18-13-10(9-15)8-11(17-3)12(16)14(13)19-7-5-2/h8-9,16H,4-7H2,1-3H3. The van der Waals surface area contributed by atoms with E-state index in [-0.39, 0.29) is 5.75 Å². The van der Waals surface area contributed by atoms with E-state index >= 15 is 0 Å². The summed E-state index contributed by atoms with van der Waals surface area (Å²) >= 11 is 3.19. The number of phenolic OH excluding ortho intramolecular Hbond substituents is 1. The van der Waals surface area contributed by atoms with Crippen molar-refractivity contribution in [3.8, 4) is 11.5 Å². The van der Waals surface area contributed by atoms with Gasteiger partial charge in [-0.1, -0.05) is 13.8 Å². The smallest absolute Gasteiger partial charge is 0.172 e. The van der Waals surface area contributed by atoms with E-state index < -0.39 is 0 Å². The summed E-state index contributed by atoms with van der Waals surface area (Å²) in [4.78, 5) is 12.9. The number of methoxy groups -OCH3 is 1. The van der Waals surface area contributed by atoms with Gasteiger partial charge in [0.05, 0.1) is 12.0 Å². The molecule has 0 aliphatic heterocycles. The van der Waals surface area contributed by atoms with Gasteiger partial charge in [0, 0.05) is 10.5 Å². The van der Waals surface area contributed by atoms with Crippen molar-refractivity contribution in [2.75, 3.05) is 18.6 Å². The van der Waals surface area contributed by atoms with E-state index in [1.54, 1.807) is 29.6 Å². The highest BCUT2D eigenvalue weighted by Gasteiger charge is 2.18. The number of ether oxygens (including phenoxy) is 1. The predicted octanol–water partition coefficient (Wildman–Crippen LogP) is 4.22. The second-order valence-corrected chi connectivity index (χ2v) is 6.20. The van der Waals surface area contributed by atoms with Crippen molar-refractivity contribution < 1.29 is 14.6 Å². The summed E-state index contributed by atoms with van der Waals surface area (Å²) in [6.07, 6.45) is 2.86. The van der Waals surface area contributed by atoms with Gasteiger partial charge in [-0.25, -0.2) is 0 Å². The molecule has 0 fully saturated rings. The zero-order valence-electron chi connectivity index (χ0n) is 11.6. The molecule has 0 amide bonds. The van der Waals surface area contributed by atoms with Crippen LogP contribution in [0.25, 0.3) is 0 Å². The molecule has 5 heteroatoms. The van der Waals surface area contributed by atoms with E-state index in [4.69, 9.17) is 4.74 Å². The maximum Gasteiger partial charge on any atom is 0.172 e. The van der Waals surface area contributed by atoms with Crippen molar-refractivity contribution in [1.82, 2.24) is 0 Å². The number of rotatable bonds is 8. The second kappa shape index (κ2) is 8.38. The number of aromatic hydroxyl groups is 1. The third-order valence-electron chi connectivity index (χ3n) is 2.45. The Morgan fingerprint density at radius 2 is 1.79 bits per heavy atom. The molecule has 0 atom stereocenters. The van der Waals surface area contributed by atoms with Crippen molar-refractivity contribution >= 4 is 29.8 Å². The van der Waals surface area contributed by atoms with Gasteiger partial charge in [0.15, 0.2) is 17.8 Å². The summed E-state index contributed by atoms with van der Waals surface area (Å²) in [5.41, 5.74) is 0.590. The highest BCUT2D eigenvalue weighted by Crippen LogP contribution is 2.45. The SMILES string of the molecule is CCCSc1c(C=O)cc(OC)c(O)c1SCCC. The van der Waals surface area contributed by atoms with E-state index in [1.165, 1.54) is 7.11 Å². The van der Waals surface area contributed by atoms with Gasteiger partial charge >= 0.3 is 0 Å². The number of hydrogen-bond acceptors (Lipinski definition) is 5. The Labute approximate surface area is 123 Å². The van der Waals surface area contributed by atoms with Crippen LogP contribution in [0.4, 0.5) is 0 Å². The van der Waals surface area contributed by atoms with Gasteiger partial charge < -0.3 is 9.84 Å². The minimum atomic E-state index is 0.144. The molecular weight excluding hydrogens is 280 g/mol. The lowest BCUT2D eigenvalue weighted by molar-refractivity contribution is 0.112. The molecule has 0 aliphatic rings. The third kappa shape index (κ3) is 4.08. The predicted molar refractivity (Wildman–Crippen MR) is 82.1 cm³/mol. The van der Waals surface area contributed by atoms with Gasteiger partial charge in [0.1, 0.15) is 0 Å². The Morgan fingerprint density at radius 3 is 2.26 bits per heavy atom. The van der Waals surface area contributed by atoms with Crippen LogP contribution in [0.15, 0.2) is 15.9 Å². The lowest BCUT2D eigenvalue weighted by atomic mass is 10.2. The lowest BCUT2D eigenvalue weighted by Crippen LogP contribution is -1.95. The fourth-order valence-corrected chi connectivity index (χ4v) is 3.72. The van der Waals surface area contributed by atoms with E-state index in [1.807, 2.05) is 0 Å². The molecule has 0 bridgehead atoms. The highest BCUT2D eigenvalue weighted by molar-refractivity contribution is 8.02. The molecule has 0 unspecified atom stereocenters. The summed E-state index contributed by atoms with van der Waals surface area (Å²) in [6, 6.07) is 1.61. The molecule has 0 radical (unpaired) electrons. The van der Waals surface area contributed by atoms with Crippen molar-refractivity contribution in [1.29, 1.82) is 0 Å². The highest BCUT2D eigenvalue weighted by atomic mass is 32.2. The average molecular weight is 300 g/mol. The summed E-state index contributed by atoms with van der Waals surface area (Å²) in [6.45, 7) is 4.18. The number of phenols is 1. The molecule has 1 N–H and O–H groups in total. The molecule has 0 spiro atoms. The molecule has 0 saturated carbocycles. The van der Waals surface area contributed by atoms with Crippen LogP contribution in [-0.4, -0.2) is 30.0 Å². The van der Waals surface area contributed by atoms with Crippen LogP contribution in [0.5, 0.6) is 11.5 Å². The molecule has 19 heavy (non-hydrogen) atoms. The molecule has 3 nitrogen and oxygen atoms in total. The van der Waals surface area contributed by atoms with Gasteiger partial charge in [-0.05, 0) is 30.4 Å². The number of benzene rings is 1. The van der Waals surface area contributed by atoms with Crippen LogP contribution in [0.3, 0.4) is 0 Å². The van der Waals surface area contributed by atoms with Crippen molar-refractivity contribution in [3.63, 3.8) is 0 Å². The normalized spacial score (nSPS) is 10.5. The Balaban J connectivity index is 3.27. The number of aldehydes is 1. The second-order valence-electron chi connectivity index (χ2n) is 3.99. The molecule has 0 aromatic heterocycles. The fraction of sp³-hybridized carbons (Fsp3) is 0.500. The molecule has 0 heterocycles. The quantitative estimate of drug-likeness (QED) is 0.575. The number of thioether (sulfide) groups is 2. The molecule has 0 saturated heterocycles. The summed E-state index contributed by atoms with van der Waals surface area (Å²) in [5, 5.41) is 10.2. The Bertz CT molecular complexity index is 433. The van der Waals surface area contributed by atoms with Gasteiger partial charge in [0.25, 0.3) is 0 Å². The molecule has 1 aromatic carbocycles. The summed E-state index contributed by atoms with van der Waals surface area (Å²) < 4.78 is 5.14. The third-order valence-corrected chi connectivity index (χ3v) is 5.22. The van der Waals surface area contributed by atoms with E-state index in [0.717, 1.165) is 40.4 Å². The Kier molecular flexibility index (Phi) is 7.16. The minimum absolute atomic E-state index is 0.144. The van der Waals surface area contributed by atoms with Gasteiger partial charge in [0.2, 0.25) is 0 Å². The van der Waals surface area contributed by atoms with E-state index in [0.29, 0.717) is 11.3 Å². The summed E-state index contributed by atoms with van der Waals surface area (Å²) in [5.74, 6) is 2.33. The van der Waals surface area contributed by atoms with Gasteiger partial charge in [-0.15, -0.1) is 23.5 Å². The first-order chi connectivity index (χ1) is 9.19. The molecular formula is C14H20O3S2. The van der Waals surface area contributed by atoms with Crippen LogP contribution in [0.2, 0.25) is 0 Å². The van der Waals surface area contributed by atoms with Crippen molar-refractivity contribution in [3.05, 3.63) is 11.6 Å². The Hall–Kier alpha value is -0.810. The number of carbonyl (C=O) groups excluding carboxylic acids is 1. The van der Waals surface area contributed by atoms with Crippen LogP contribution in [0, 0.1) is 0 Å². The molecule has 1 rings (SSSR count). The first-order valence-corrected chi connectivity index (χ1v) is 8.31. The van der Waals surface area contributed by atoms with E-state index in [2.05, 4.69) is 13.8 Å². The molecule has 1 aromatic rings. The monoisotopic (exact) mass is 300 g/mol. The van der Waals surface area contributed by atoms with Crippen molar-refractivity contribution in [2.24, 2.45) is 0 Å². The van der Waals surface area contributed by atoms with Gasteiger partial charge in [-0.3, -0.25) is 4.79 Å². The van der Waals surface area contributed by atoms with Crippen LogP contribution >= 0.6 is 23.5 Å². The average Bonchev–Trinajstić information content (AvgIpc) is 2.44. The van der Waals surface area contributed by atoms with E-state index in [9.17, 15) is 9.90 Å². The molecule has 0 aliphatic carbocycles. The number of carbonyl (C=O) groups is 1. The van der Waals surface area contributed by atoms with Crippen LogP contribution in [-0.2, 0) is 0 Å². The van der Waals surface area contributed by atoms with Gasteiger partial charge in [-0.2, -0.15) is 0 Å². The maximum atomic E-state index is 11.2. The minimum Gasteiger partial charge on any atom is -0.503 e. The fourth-order valence-electron chi connectivity index (χ4n) is 1.56. The largest absolute Gasteiger partial charge is 0.503 e.